The average Bonchev–Trinajstić information content (AvgIpc) is 3.22. The molecule has 1 fully saturated rings. The van der Waals surface area contributed by atoms with Crippen LogP contribution < -0.4 is 0 Å². The third kappa shape index (κ3) is 3.33. The smallest absolute Gasteiger partial charge is 0.144 e. The predicted octanol–water partition coefficient (Wildman–Crippen LogP) is 9.11. The van der Waals surface area contributed by atoms with Crippen LogP contribution in [0.3, 0.4) is 0 Å². The van der Waals surface area contributed by atoms with Gasteiger partial charge in [0, 0.05) is 33.3 Å². The minimum atomic E-state index is -0.155. The maximum atomic E-state index is 15.3. The number of hydrogen-bond acceptors (Lipinski definition) is 2. The first kappa shape index (κ1) is 20.4. The van der Waals surface area contributed by atoms with Crippen LogP contribution in [0.2, 0.25) is 0 Å². The molecule has 3 aromatic carbocycles. The molecule has 6 rings (SSSR count). The van der Waals surface area contributed by atoms with Gasteiger partial charge in [-0.2, -0.15) is 0 Å². The van der Waals surface area contributed by atoms with Gasteiger partial charge in [0.15, 0.2) is 0 Å². The summed E-state index contributed by atoms with van der Waals surface area (Å²) in [6.45, 7) is 4.40. The molecule has 0 spiro atoms. The Balaban J connectivity index is 1.67. The van der Waals surface area contributed by atoms with E-state index in [2.05, 4.69) is 32.0 Å². The standard InChI is InChI=1S/C30H28FNO/c1-18(2)20-15-23-21-11-6-7-14-27(21)33-30(23)24(16-20)29-22-12-8-13-26(31)28(22)25(17-32-29)19-9-4-3-5-10-19/h6-8,11-19H,3-5,9-10H2,1-2H3. The number of halogens is 1. The first-order chi connectivity index (χ1) is 16.1. The average molecular weight is 438 g/mol. The Bertz CT molecular complexity index is 1490. The van der Waals surface area contributed by atoms with Gasteiger partial charge in [-0.05, 0) is 60.1 Å². The van der Waals surface area contributed by atoms with E-state index in [0.717, 1.165) is 62.4 Å². The highest BCUT2D eigenvalue weighted by Gasteiger charge is 2.23. The van der Waals surface area contributed by atoms with Gasteiger partial charge in [-0.3, -0.25) is 4.98 Å². The third-order valence-electron chi connectivity index (χ3n) is 7.36. The topological polar surface area (TPSA) is 26.0 Å². The molecule has 1 aliphatic carbocycles. The molecule has 3 heteroatoms. The van der Waals surface area contributed by atoms with Crippen molar-refractivity contribution in [1.29, 1.82) is 0 Å². The van der Waals surface area contributed by atoms with Gasteiger partial charge in [-0.25, -0.2) is 4.39 Å². The monoisotopic (exact) mass is 437 g/mol. The molecule has 0 bridgehead atoms. The van der Waals surface area contributed by atoms with Gasteiger partial charge >= 0.3 is 0 Å². The van der Waals surface area contributed by atoms with Crippen molar-refractivity contribution in [3.8, 4) is 11.3 Å². The fourth-order valence-electron chi connectivity index (χ4n) is 5.58. The maximum absolute atomic E-state index is 15.3. The number of fused-ring (bicyclic) bond motifs is 4. The lowest BCUT2D eigenvalue weighted by molar-refractivity contribution is 0.444. The molecular formula is C30H28FNO. The second-order valence-electron chi connectivity index (χ2n) is 9.76. The van der Waals surface area contributed by atoms with Gasteiger partial charge in [0.1, 0.15) is 17.0 Å². The molecule has 5 aromatic rings. The van der Waals surface area contributed by atoms with Crippen LogP contribution in [0.25, 0.3) is 44.0 Å². The lowest BCUT2D eigenvalue weighted by Crippen LogP contribution is -2.07. The fraction of sp³-hybridized carbons (Fsp3) is 0.300. The first-order valence-corrected chi connectivity index (χ1v) is 12.1. The Labute approximate surface area is 193 Å². The molecule has 0 aliphatic heterocycles. The molecule has 166 valence electrons. The van der Waals surface area contributed by atoms with Crippen LogP contribution in [0.5, 0.6) is 0 Å². The van der Waals surface area contributed by atoms with Gasteiger partial charge in [0.2, 0.25) is 0 Å². The summed E-state index contributed by atoms with van der Waals surface area (Å²) in [7, 11) is 0. The van der Waals surface area contributed by atoms with Crippen molar-refractivity contribution in [2.75, 3.05) is 0 Å². The molecule has 0 radical (unpaired) electrons. The van der Waals surface area contributed by atoms with Gasteiger partial charge in [-0.1, -0.05) is 63.4 Å². The van der Waals surface area contributed by atoms with Crippen molar-refractivity contribution in [3.63, 3.8) is 0 Å². The van der Waals surface area contributed by atoms with Crippen LogP contribution in [0.4, 0.5) is 4.39 Å². The van der Waals surface area contributed by atoms with E-state index in [1.165, 1.54) is 24.8 Å². The number of furan rings is 1. The second kappa shape index (κ2) is 7.98. The Hall–Kier alpha value is -3.20. The SMILES string of the molecule is CC(C)c1cc(-c2ncc(C3CCCCC3)c3c(F)cccc23)c2oc3ccccc3c2c1. The fourth-order valence-corrected chi connectivity index (χ4v) is 5.58. The van der Waals surface area contributed by atoms with E-state index in [1.807, 2.05) is 30.5 Å². The van der Waals surface area contributed by atoms with E-state index in [9.17, 15) is 0 Å². The Morgan fingerprint density at radius 2 is 1.70 bits per heavy atom. The minimum Gasteiger partial charge on any atom is -0.455 e. The van der Waals surface area contributed by atoms with Crippen LogP contribution in [0.15, 0.2) is 65.2 Å². The zero-order chi connectivity index (χ0) is 22.5. The van der Waals surface area contributed by atoms with Crippen LogP contribution >= 0.6 is 0 Å². The third-order valence-corrected chi connectivity index (χ3v) is 7.36. The van der Waals surface area contributed by atoms with E-state index < -0.39 is 0 Å². The van der Waals surface area contributed by atoms with Gasteiger partial charge in [-0.15, -0.1) is 0 Å². The number of hydrogen-bond donors (Lipinski definition) is 0. The van der Waals surface area contributed by atoms with E-state index >= 15 is 4.39 Å². The summed E-state index contributed by atoms with van der Waals surface area (Å²) in [6.07, 6.45) is 7.85. The lowest BCUT2D eigenvalue weighted by Gasteiger charge is -2.24. The summed E-state index contributed by atoms with van der Waals surface area (Å²) in [5, 5.41) is 3.80. The highest BCUT2D eigenvalue weighted by molar-refractivity contribution is 6.12. The number of aromatic nitrogens is 1. The quantitative estimate of drug-likeness (QED) is 0.281. The molecule has 2 aromatic heterocycles. The van der Waals surface area contributed by atoms with Gasteiger partial charge in [0.05, 0.1) is 5.69 Å². The number of benzene rings is 3. The Morgan fingerprint density at radius 3 is 2.52 bits per heavy atom. The van der Waals surface area contributed by atoms with Crippen molar-refractivity contribution in [1.82, 2.24) is 4.98 Å². The molecule has 1 aliphatic rings. The van der Waals surface area contributed by atoms with Crippen molar-refractivity contribution < 1.29 is 8.81 Å². The van der Waals surface area contributed by atoms with E-state index in [0.29, 0.717) is 11.8 Å². The first-order valence-electron chi connectivity index (χ1n) is 12.1. The molecule has 2 heterocycles. The van der Waals surface area contributed by atoms with Crippen LogP contribution in [0.1, 0.15) is 68.9 Å². The minimum absolute atomic E-state index is 0.155. The predicted molar refractivity (Wildman–Crippen MR) is 134 cm³/mol. The summed E-state index contributed by atoms with van der Waals surface area (Å²) in [5.74, 6) is 0.580. The zero-order valence-corrected chi connectivity index (χ0v) is 19.2. The lowest BCUT2D eigenvalue weighted by atomic mass is 9.82. The van der Waals surface area contributed by atoms with E-state index in [1.54, 1.807) is 12.1 Å². The van der Waals surface area contributed by atoms with E-state index in [-0.39, 0.29) is 5.82 Å². The molecule has 1 saturated carbocycles. The van der Waals surface area contributed by atoms with Crippen LogP contribution in [0, 0.1) is 5.82 Å². The van der Waals surface area contributed by atoms with Crippen molar-refractivity contribution in [2.45, 2.75) is 57.8 Å². The molecule has 2 nitrogen and oxygen atoms in total. The number of nitrogens with zero attached hydrogens (tertiary/aromatic N) is 1. The molecule has 0 saturated heterocycles. The summed E-state index contributed by atoms with van der Waals surface area (Å²) in [6, 6.07) is 18.0. The zero-order valence-electron chi connectivity index (χ0n) is 19.2. The Morgan fingerprint density at radius 1 is 0.909 bits per heavy atom. The maximum Gasteiger partial charge on any atom is 0.144 e. The normalized spacial score (nSPS) is 15.3. The number of pyridine rings is 1. The van der Waals surface area contributed by atoms with Crippen molar-refractivity contribution >= 4 is 32.7 Å². The summed E-state index contributed by atoms with van der Waals surface area (Å²) < 4.78 is 21.7. The summed E-state index contributed by atoms with van der Waals surface area (Å²) in [4.78, 5) is 4.99. The van der Waals surface area contributed by atoms with Gasteiger partial charge in [0.25, 0.3) is 0 Å². The van der Waals surface area contributed by atoms with Gasteiger partial charge < -0.3 is 4.42 Å². The largest absolute Gasteiger partial charge is 0.455 e. The highest BCUT2D eigenvalue weighted by Crippen LogP contribution is 2.43. The molecule has 0 unspecified atom stereocenters. The van der Waals surface area contributed by atoms with Crippen molar-refractivity contribution in [3.05, 3.63) is 77.7 Å². The molecule has 0 atom stereocenters. The Kier molecular flexibility index (Phi) is 4.94. The summed E-state index contributed by atoms with van der Waals surface area (Å²) in [5.41, 5.74) is 5.72. The molecule has 0 N–H and O–H groups in total. The molecular weight excluding hydrogens is 409 g/mol. The number of para-hydroxylation sites is 1. The summed E-state index contributed by atoms with van der Waals surface area (Å²) >= 11 is 0. The second-order valence-corrected chi connectivity index (χ2v) is 9.76. The van der Waals surface area contributed by atoms with Crippen LogP contribution in [-0.2, 0) is 0 Å². The highest BCUT2D eigenvalue weighted by atomic mass is 19.1. The molecule has 33 heavy (non-hydrogen) atoms. The number of rotatable bonds is 3. The molecule has 0 amide bonds. The van der Waals surface area contributed by atoms with Crippen LogP contribution in [-0.4, -0.2) is 4.98 Å². The van der Waals surface area contributed by atoms with Crippen molar-refractivity contribution in [2.24, 2.45) is 0 Å². The van der Waals surface area contributed by atoms with E-state index in [4.69, 9.17) is 9.40 Å².